The molecule has 0 fully saturated rings. The summed E-state index contributed by atoms with van der Waals surface area (Å²) in [7, 11) is -0.558. The van der Waals surface area contributed by atoms with Gasteiger partial charge < -0.3 is 9.83 Å². The summed E-state index contributed by atoms with van der Waals surface area (Å²) < 4.78 is 0. The number of nitrogens with zero attached hydrogens (tertiary/aromatic N) is 4. The topological polar surface area (TPSA) is 62.1 Å². The maximum Gasteiger partial charge on any atom is 0.410 e. The van der Waals surface area contributed by atoms with Crippen molar-refractivity contribution in [1.82, 2.24) is 15.0 Å². The highest BCUT2D eigenvalue weighted by Crippen LogP contribution is 2.40. The molecule has 3 heterocycles. The molecule has 0 atom stereocenters. The van der Waals surface area contributed by atoms with Gasteiger partial charge in [0.05, 0.1) is 5.69 Å². The van der Waals surface area contributed by atoms with Gasteiger partial charge in [-0.3, -0.25) is 0 Å². The van der Waals surface area contributed by atoms with Gasteiger partial charge in [-0.1, -0.05) is 13.8 Å². The van der Waals surface area contributed by atoms with Crippen LogP contribution in [-0.2, 0) is 5.41 Å². The van der Waals surface area contributed by atoms with Crippen molar-refractivity contribution in [2.24, 2.45) is 0 Å². The van der Waals surface area contributed by atoms with Gasteiger partial charge in [-0.05, 0) is 30.6 Å². The third-order valence-corrected chi connectivity index (χ3v) is 3.99. The summed E-state index contributed by atoms with van der Waals surface area (Å²) in [4.78, 5) is 14.6. The normalized spacial score (nSPS) is 16.0. The van der Waals surface area contributed by atoms with E-state index in [1.54, 1.807) is 19.2 Å². The van der Waals surface area contributed by atoms with Crippen LogP contribution in [0.15, 0.2) is 24.5 Å². The van der Waals surface area contributed by atoms with Crippen LogP contribution in [0.2, 0.25) is 12.1 Å². The Morgan fingerprint density at radius 3 is 2.81 bits per heavy atom. The predicted molar refractivity (Wildman–Crippen MR) is 84.5 cm³/mol. The van der Waals surface area contributed by atoms with Crippen molar-refractivity contribution in [1.29, 1.82) is 0 Å². The fourth-order valence-corrected chi connectivity index (χ4v) is 2.86. The highest BCUT2D eigenvalue weighted by molar-refractivity contribution is 6.54. The Morgan fingerprint density at radius 2 is 2.14 bits per heavy atom. The third kappa shape index (κ3) is 2.49. The second-order valence-corrected chi connectivity index (χ2v) is 6.29. The summed E-state index contributed by atoms with van der Waals surface area (Å²) in [5.74, 6) is 0.832. The van der Waals surface area contributed by atoms with Crippen molar-refractivity contribution in [2.75, 3.05) is 11.4 Å². The van der Waals surface area contributed by atoms with Crippen molar-refractivity contribution in [2.45, 2.75) is 26.1 Å². The van der Waals surface area contributed by atoms with Crippen LogP contribution in [-0.4, -0.2) is 33.6 Å². The zero-order valence-electron chi connectivity index (χ0n) is 12.2. The molecular formula is C14H16BClN4O. The molecule has 0 unspecified atom stereocenters. The number of hydrogen-bond donors (Lipinski definition) is 1. The van der Waals surface area contributed by atoms with Gasteiger partial charge in [-0.15, -0.1) is 0 Å². The molecule has 0 radical (unpaired) electrons. The van der Waals surface area contributed by atoms with Crippen LogP contribution in [0.4, 0.5) is 5.82 Å². The lowest BCUT2D eigenvalue weighted by atomic mass is 9.83. The van der Waals surface area contributed by atoms with Crippen molar-refractivity contribution in [3.8, 4) is 11.3 Å². The molecule has 2 aromatic rings. The molecule has 2 aromatic heterocycles. The molecule has 5 nitrogen and oxygen atoms in total. The van der Waals surface area contributed by atoms with Crippen molar-refractivity contribution in [3.05, 3.63) is 35.4 Å². The summed E-state index contributed by atoms with van der Waals surface area (Å²) in [6.45, 7) is 6.78. The van der Waals surface area contributed by atoms with Gasteiger partial charge in [0.1, 0.15) is 5.82 Å². The number of rotatable bonds is 2. The van der Waals surface area contributed by atoms with Gasteiger partial charge in [-0.2, -0.15) is 0 Å². The Morgan fingerprint density at radius 1 is 1.38 bits per heavy atom. The van der Waals surface area contributed by atoms with Crippen LogP contribution in [0, 0.1) is 0 Å². The molecule has 108 valence electrons. The van der Waals surface area contributed by atoms with E-state index in [-0.39, 0.29) is 10.7 Å². The summed E-state index contributed by atoms with van der Waals surface area (Å²) in [5, 5.41) is 10.1. The smallest absolute Gasteiger partial charge is 0.410 e. The fourth-order valence-electron chi connectivity index (χ4n) is 2.72. The van der Waals surface area contributed by atoms with Crippen LogP contribution < -0.4 is 4.81 Å². The van der Waals surface area contributed by atoms with E-state index in [1.807, 2.05) is 10.9 Å². The average molecular weight is 303 g/mol. The van der Waals surface area contributed by atoms with E-state index >= 15 is 0 Å². The van der Waals surface area contributed by atoms with Crippen molar-refractivity contribution < 1.29 is 5.02 Å². The van der Waals surface area contributed by atoms with E-state index in [0.717, 1.165) is 29.2 Å². The van der Waals surface area contributed by atoms with Gasteiger partial charge in [0, 0.05) is 35.5 Å². The van der Waals surface area contributed by atoms with Crippen LogP contribution >= 0.6 is 11.6 Å². The first-order chi connectivity index (χ1) is 9.88. The van der Waals surface area contributed by atoms with E-state index in [9.17, 15) is 5.02 Å². The third-order valence-electron chi connectivity index (χ3n) is 3.81. The molecule has 1 aliphatic rings. The minimum atomic E-state index is -0.558. The lowest BCUT2D eigenvalue weighted by molar-refractivity contribution is 0.537. The Labute approximate surface area is 129 Å². The first-order valence-electron chi connectivity index (χ1n) is 6.82. The standard InChI is InChI=1S/C14H16BClN4O/c1-14(2)8-20(15(3)21)12-10(14)6-9(7-18-12)11-4-5-17-13(16)19-11/h4-7,21H,8H2,1-3H3. The maximum absolute atomic E-state index is 9.90. The molecule has 3 rings (SSSR count). The van der Waals surface area contributed by atoms with Crippen LogP contribution in [0.1, 0.15) is 19.4 Å². The molecule has 0 aliphatic carbocycles. The Hall–Kier alpha value is -1.66. The second-order valence-electron chi connectivity index (χ2n) is 5.95. The molecule has 21 heavy (non-hydrogen) atoms. The van der Waals surface area contributed by atoms with E-state index in [0.29, 0.717) is 0 Å². The van der Waals surface area contributed by atoms with Crippen LogP contribution in [0.25, 0.3) is 11.3 Å². The molecule has 1 N–H and O–H groups in total. The monoisotopic (exact) mass is 302 g/mol. The quantitative estimate of drug-likeness (QED) is 0.682. The Kier molecular flexibility index (Phi) is 3.38. The first kappa shape index (κ1) is 14.3. The maximum atomic E-state index is 9.90. The molecular weight excluding hydrogens is 286 g/mol. The largest absolute Gasteiger partial charge is 0.432 e. The molecule has 0 saturated heterocycles. The van der Waals surface area contributed by atoms with E-state index < -0.39 is 7.05 Å². The fraction of sp³-hybridized carbons (Fsp3) is 0.357. The molecule has 0 aromatic carbocycles. The van der Waals surface area contributed by atoms with Crippen LogP contribution in [0.5, 0.6) is 0 Å². The van der Waals surface area contributed by atoms with Gasteiger partial charge in [0.15, 0.2) is 0 Å². The summed E-state index contributed by atoms with van der Waals surface area (Å²) in [6.07, 6.45) is 3.39. The van der Waals surface area contributed by atoms with E-state index in [4.69, 9.17) is 11.6 Å². The van der Waals surface area contributed by atoms with Crippen LogP contribution in [0.3, 0.4) is 0 Å². The number of halogens is 1. The van der Waals surface area contributed by atoms with Gasteiger partial charge >= 0.3 is 7.05 Å². The molecule has 7 heteroatoms. The van der Waals surface area contributed by atoms with Gasteiger partial charge in [-0.25, -0.2) is 15.0 Å². The molecule has 0 saturated carbocycles. The van der Waals surface area contributed by atoms with Crippen molar-refractivity contribution in [3.63, 3.8) is 0 Å². The number of anilines is 1. The van der Waals surface area contributed by atoms with E-state index in [2.05, 4.69) is 34.9 Å². The number of pyridine rings is 1. The molecule has 1 aliphatic heterocycles. The number of aromatic nitrogens is 3. The molecule has 0 amide bonds. The Bertz CT molecular complexity index is 692. The highest BCUT2D eigenvalue weighted by atomic mass is 35.5. The Balaban J connectivity index is 2.10. The summed E-state index contributed by atoms with van der Waals surface area (Å²) >= 11 is 5.85. The number of hydrogen-bond acceptors (Lipinski definition) is 5. The van der Waals surface area contributed by atoms with Gasteiger partial charge in [0.25, 0.3) is 0 Å². The molecule has 0 spiro atoms. The summed E-state index contributed by atoms with van der Waals surface area (Å²) in [5.41, 5.74) is 2.68. The minimum absolute atomic E-state index is 0.0772. The highest BCUT2D eigenvalue weighted by Gasteiger charge is 2.39. The number of fused-ring (bicyclic) bond motifs is 1. The average Bonchev–Trinajstić information content (AvgIpc) is 2.71. The predicted octanol–water partition coefficient (Wildman–Crippen LogP) is 2.40. The summed E-state index contributed by atoms with van der Waals surface area (Å²) in [6, 6.07) is 3.88. The SMILES string of the molecule is CB(O)N1CC(C)(C)c2cc(-c3ccnc(Cl)n3)cnc21. The van der Waals surface area contributed by atoms with E-state index in [1.165, 1.54) is 0 Å². The minimum Gasteiger partial charge on any atom is -0.432 e. The van der Waals surface area contributed by atoms with Gasteiger partial charge in [0.2, 0.25) is 5.28 Å². The lowest BCUT2D eigenvalue weighted by Crippen LogP contribution is -2.39. The lowest BCUT2D eigenvalue weighted by Gasteiger charge is -2.22. The van der Waals surface area contributed by atoms with Crippen molar-refractivity contribution >= 4 is 24.5 Å². The zero-order chi connectivity index (χ0) is 15.2. The second kappa shape index (κ2) is 4.96. The molecule has 0 bridgehead atoms. The first-order valence-corrected chi connectivity index (χ1v) is 7.20. The zero-order valence-corrected chi connectivity index (χ0v) is 13.0.